The summed E-state index contributed by atoms with van der Waals surface area (Å²) in [5, 5.41) is 4.55. The van der Waals surface area contributed by atoms with Crippen molar-refractivity contribution in [2.45, 2.75) is 0 Å². The van der Waals surface area contributed by atoms with Crippen LogP contribution in [0.15, 0.2) is 192 Å². The van der Waals surface area contributed by atoms with E-state index in [1.54, 1.807) is 0 Å². The lowest BCUT2D eigenvalue weighted by Gasteiger charge is -2.11. The van der Waals surface area contributed by atoms with Crippen LogP contribution in [0.25, 0.3) is 100 Å². The normalized spacial score (nSPS) is 11.4. The van der Waals surface area contributed by atoms with E-state index in [9.17, 15) is 0 Å². The van der Waals surface area contributed by atoms with Crippen LogP contribution in [-0.4, -0.2) is 15.0 Å². The van der Waals surface area contributed by atoms with E-state index >= 15 is 0 Å². The van der Waals surface area contributed by atoms with Gasteiger partial charge in [0.1, 0.15) is 11.2 Å². The molecule has 53 heavy (non-hydrogen) atoms. The number of hydrogen-bond acceptors (Lipinski definition) is 4. The maximum absolute atomic E-state index is 6.55. The lowest BCUT2D eigenvalue weighted by atomic mass is 9.96. The van der Waals surface area contributed by atoms with E-state index in [0.29, 0.717) is 17.5 Å². The Morgan fingerprint density at radius 1 is 0.302 bits per heavy atom. The molecule has 0 bridgehead atoms. The van der Waals surface area contributed by atoms with Crippen LogP contribution >= 0.6 is 0 Å². The van der Waals surface area contributed by atoms with Crippen molar-refractivity contribution in [3.63, 3.8) is 0 Å². The number of fused-ring (bicyclic) bond motifs is 4. The van der Waals surface area contributed by atoms with E-state index in [1.165, 1.54) is 27.5 Å². The Balaban J connectivity index is 1.09. The third kappa shape index (κ3) is 5.63. The highest BCUT2D eigenvalue weighted by Crippen LogP contribution is 2.39. The number of furan rings is 1. The third-order valence-corrected chi connectivity index (χ3v) is 9.92. The largest absolute Gasteiger partial charge is 0.456 e. The first-order valence-electron chi connectivity index (χ1n) is 17.8. The van der Waals surface area contributed by atoms with Gasteiger partial charge in [-0.2, -0.15) is 0 Å². The van der Waals surface area contributed by atoms with Gasteiger partial charge in [0, 0.05) is 27.5 Å². The van der Waals surface area contributed by atoms with E-state index in [-0.39, 0.29) is 0 Å². The second-order valence-corrected chi connectivity index (χ2v) is 13.2. The molecule has 8 aromatic carbocycles. The highest BCUT2D eigenvalue weighted by molar-refractivity contribution is 6.13. The molecule has 0 aliphatic heterocycles. The van der Waals surface area contributed by atoms with Crippen LogP contribution in [0.4, 0.5) is 0 Å². The van der Waals surface area contributed by atoms with E-state index in [0.717, 1.165) is 55.3 Å². The molecule has 0 saturated heterocycles. The van der Waals surface area contributed by atoms with Crippen molar-refractivity contribution in [1.29, 1.82) is 0 Å². The Bertz CT molecular complexity index is 2940. The quantitative estimate of drug-likeness (QED) is 0.176. The zero-order valence-electron chi connectivity index (χ0n) is 28.6. The van der Waals surface area contributed by atoms with E-state index in [1.807, 2.05) is 42.5 Å². The molecule has 0 atom stereocenters. The molecule has 248 valence electrons. The summed E-state index contributed by atoms with van der Waals surface area (Å²) in [5.41, 5.74) is 11.2. The lowest BCUT2D eigenvalue weighted by molar-refractivity contribution is 0.669. The zero-order valence-corrected chi connectivity index (χ0v) is 28.6. The van der Waals surface area contributed by atoms with Crippen LogP contribution in [0.1, 0.15) is 0 Å². The van der Waals surface area contributed by atoms with Gasteiger partial charge < -0.3 is 4.42 Å². The molecule has 0 fully saturated rings. The van der Waals surface area contributed by atoms with Crippen LogP contribution in [-0.2, 0) is 0 Å². The van der Waals surface area contributed by atoms with E-state index < -0.39 is 0 Å². The molecule has 4 nitrogen and oxygen atoms in total. The van der Waals surface area contributed by atoms with Gasteiger partial charge in [-0.1, -0.05) is 158 Å². The minimum absolute atomic E-state index is 0.586. The first-order valence-corrected chi connectivity index (χ1v) is 17.8. The summed E-state index contributed by atoms with van der Waals surface area (Å²) in [4.78, 5) is 15.1. The molecule has 0 radical (unpaired) electrons. The molecule has 2 heterocycles. The van der Waals surface area contributed by atoms with Crippen LogP contribution in [0, 0.1) is 0 Å². The summed E-state index contributed by atoms with van der Waals surface area (Å²) in [5.74, 6) is 1.82. The minimum atomic E-state index is 0.586. The maximum atomic E-state index is 6.55. The minimum Gasteiger partial charge on any atom is -0.456 e. The Hall–Kier alpha value is -7.17. The van der Waals surface area contributed by atoms with Gasteiger partial charge in [0.25, 0.3) is 0 Å². The smallest absolute Gasteiger partial charge is 0.164 e. The second kappa shape index (κ2) is 12.9. The number of rotatable bonds is 6. The van der Waals surface area contributed by atoms with Crippen LogP contribution in [0.5, 0.6) is 0 Å². The number of nitrogens with zero attached hydrogens (tertiary/aromatic N) is 3. The molecule has 0 amide bonds. The van der Waals surface area contributed by atoms with Gasteiger partial charge in [-0.05, 0) is 74.5 Å². The topological polar surface area (TPSA) is 51.8 Å². The molecule has 0 saturated carbocycles. The van der Waals surface area contributed by atoms with Crippen molar-refractivity contribution in [2.75, 3.05) is 0 Å². The van der Waals surface area contributed by atoms with Gasteiger partial charge in [-0.3, -0.25) is 0 Å². The van der Waals surface area contributed by atoms with Crippen LogP contribution in [0.3, 0.4) is 0 Å². The summed E-state index contributed by atoms with van der Waals surface area (Å²) in [6, 6.07) is 65.2. The Labute approximate surface area is 306 Å². The molecule has 0 N–H and O–H groups in total. The fourth-order valence-electron chi connectivity index (χ4n) is 7.36. The van der Waals surface area contributed by atoms with Gasteiger partial charge >= 0.3 is 0 Å². The van der Waals surface area contributed by atoms with Gasteiger partial charge in [0.15, 0.2) is 17.5 Å². The summed E-state index contributed by atoms with van der Waals surface area (Å²) < 4.78 is 6.55. The molecule has 10 aromatic rings. The van der Waals surface area contributed by atoms with Crippen molar-refractivity contribution < 1.29 is 4.42 Å². The first-order chi connectivity index (χ1) is 26.2. The second-order valence-electron chi connectivity index (χ2n) is 13.2. The Kier molecular flexibility index (Phi) is 7.43. The number of benzene rings is 8. The summed E-state index contributed by atoms with van der Waals surface area (Å²) in [6.07, 6.45) is 0. The van der Waals surface area contributed by atoms with E-state index in [4.69, 9.17) is 19.4 Å². The molecule has 0 aliphatic carbocycles. The highest BCUT2D eigenvalue weighted by Gasteiger charge is 2.17. The van der Waals surface area contributed by atoms with Gasteiger partial charge in [0.2, 0.25) is 0 Å². The average molecular weight is 678 g/mol. The molecule has 0 unspecified atom stereocenters. The fourth-order valence-corrected chi connectivity index (χ4v) is 7.36. The van der Waals surface area contributed by atoms with Crippen LogP contribution < -0.4 is 0 Å². The molecule has 10 rings (SSSR count). The van der Waals surface area contributed by atoms with Crippen molar-refractivity contribution >= 4 is 32.7 Å². The van der Waals surface area contributed by atoms with Crippen molar-refractivity contribution in [3.8, 4) is 67.5 Å². The van der Waals surface area contributed by atoms with Crippen molar-refractivity contribution in [1.82, 2.24) is 15.0 Å². The zero-order chi connectivity index (χ0) is 35.1. The number of aromatic nitrogens is 3. The predicted molar refractivity (Wildman–Crippen MR) is 217 cm³/mol. The maximum Gasteiger partial charge on any atom is 0.164 e. The van der Waals surface area contributed by atoms with Gasteiger partial charge in [-0.15, -0.1) is 0 Å². The molecule has 4 heteroatoms. The standard InChI is InChI=1S/C49H31N3O/c1-3-13-32(14-4-1)35-19-9-21-37(29-35)42-25-12-26-44-46(42)43-28-27-39(31-45(43)53-44)49-51-47(34-16-5-2-6-17-34)50-48(52-49)38-22-10-20-36(30-38)41-24-11-18-33-15-7-8-23-40(33)41/h1-31H. The Morgan fingerprint density at radius 2 is 0.830 bits per heavy atom. The third-order valence-electron chi connectivity index (χ3n) is 9.92. The average Bonchev–Trinajstić information content (AvgIpc) is 3.62. The lowest BCUT2D eigenvalue weighted by Crippen LogP contribution is -2.00. The van der Waals surface area contributed by atoms with Gasteiger partial charge in [-0.25, -0.2) is 15.0 Å². The number of hydrogen-bond donors (Lipinski definition) is 0. The molecular weight excluding hydrogens is 647 g/mol. The summed E-state index contributed by atoms with van der Waals surface area (Å²) in [6.45, 7) is 0. The predicted octanol–water partition coefficient (Wildman–Crippen LogP) is 12.9. The summed E-state index contributed by atoms with van der Waals surface area (Å²) in [7, 11) is 0. The summed E-state index contributed by atoms with van der Waals surface area (Å²) >= 11 is 0. The molecular formula is C49H31N3O. The highest BCUT2D eigenvalue weighted by atomic mass is 16.3. The molecule has 2 aromatic heterocycles. The van der Waals surface area contributed by atoms with Crippen LogP contribution in [0.2, 0.25) is 0 Å². The first kappa shape index (κ1) is 30.6. The molecule has 0 spiro atoms. The SMILES string of the molecule is c1ccc(-c2cccc(-c3cccc4oc5cc(-c6nc(-c7ccccc7)nc(-c7cccc(-c8cccc9ccccc89)c7)n6)ccc5c34)c2)cc1. The van der Waals surface area contributed by atoms with Crippen molar-refractivity contribution in [2.24, 2.45) is 0 Å². The Morgan fingerprint density at radius 3 is 1.62 bits per heavy atom. The van der Waals surface area contributed by atoms with E-state index in [2.05, 4.69) is 146 Å². The molecule has 0 aliphatic rings. The fraction of sp³-hybridized carbons (Fsp3) is 0. The monoisotopic (exact) mass is 677 g/mol. The van der Waals surface area contributed by atoms with Crippen molar-refractivity contribution in [3.05, 3.63) is 188 Å². The van der Waals surface area contributed by atoms with Gasteiger partial charge in [0.05, 0.1) is 0 Å².